The predicted molar refractivity (Wildman–Crippen MR) is 73.1 cm³/mol. The van der Waals surface area contributed by atoms with E-state index in [1.165, 1.54) is 7.11 Å². The molecular weight excluding hydrogens is 268 g/mol. The molecule has 1 aliphatic heterocycles. The zero-order valence-corrected chi connectivity index (χ0v) is 11.9. The van der Waals surface area contributed by atoms with Crippen molar-refractivity contribution in [2.75, 3.05) is 27.4 Å². The first-order chi connectivity index (χ1) is 9.19. The number of hydrogen-bond donors (Lipinski definition) is 1. The number of rotatable bonds is 4. The maximum atomic E-state index is 10.5. The van der Waals surface area contributed by atoms with E-state index < -0.39 is 6.10 Å². The minimum atomic E-state index is -0.601. The molecule has 4 nitrogen and oxygen atoms in total. The number of ether oxygens (including phenoxy) is 3. The fourth-order valence-electron chi connectivity index (χ4n) is 2.42. The van der Waals surface area contributed by atoms with E-state index in [-0.39, 0.29) is 5.92 Å². The topological polar surface area (TPSA) is 47.9 Å². The van der Waals surface area contributed by atoms with Crippen molar-refractivity contribution in [2.45, 2.75) is 18.9 Å². The highest BCUT2D eigenvalue weighted by Gasteiger charge is 2.27. The SMILES string of the molecule is COc1ccc(C(O)C2CCOCC2)c(Cl)c1OC. The third-order valence-electron chi connectivity index (χ3n) is 3.55. The van der Waals surface area contributed by atoms with Gasteiger partial charge in [0.25, 0.3) is 0 Å². The van der Waals surface area contributed by atoms with Gasteiger partial charge in [0.2, 0.25) is 0 Å². The highest BCUT2D eigenvalue weighted by Crippen LogP contribution is 2.42. The summed E-state index contributed by atoms with van der Waals surface area (Å²) < 4.78 is 15.7. The second-order valence-corrected chi connectivity index (χ2v) is 4.98. The summed E-state index contributed by atoms with van der Waals surface area (Å²) in [5, 5.41) is 10.9. The van der Waals surface area contributed by atoms with Crippen LogP contribution < -0.4 is 9.47 Å². The van der Waals surface area contributed by atoms with Crippen molar-refractivity contribution in [3.63, 3.8) is 0 Å². The molecule has 1 fully saturated rings. The first-order valence-corrected chi connectivity index (χ1v) is 6.73. The van der Waals surface area contributed by atoms with Gasteiger partial charge >= 0.3 is 0 Å². The highest BCUT2D eigenvalue weighted by molar-refractivity contribution is 6.33. The van der Waals surface area contributed by atoms with Gasteiger partial charge < -0.3 is 19.3 Å². The van der Waals surface area contributed by atoms with E-state index in [0.717, 1.165) is 12.8 Å². The Bertz CT molecular complexity index is 430. The fraction of sp³-hybridized carbons (Fsp3) is 0.571. The molecule has 1 unspecified atom stereocenters. The largest absolute Gasteiger partial charge is 0.493 e. The van der Waals surface area contributed by atoms with Crippen molar-refractivity contribution in [3.05, 3.63) is 22.7 Å². The zero-order chi connectivity index (χ0) is 13.8. The molecule has 0 radical (unpaired) electrons. The van der Waals surface area contributed by atoms with Crippen LogP contribution in [0.5, 0.6) is 11.5 Å². The van der Waals surface area contributed by atoms with Crippen molar-refractivity contribution in [1.29, 1.82) is 0 Å². The summed E-state index contributed by atoms with van der Waals surface area (Å²) in [5.41, 5.74) is 0.686. The van der Waals surface area contributed by atoms with E-state index in [9.17, 15) is 5.11 Å². The Morgan fingerprint density at radius 2 is 1.95 bits per heavy atom. The van der Waals surface area contributed by atoms with E-state index in [1.807, 2.05) is 0 Å². The lowest BCUT2D eigenvalue weighted by molar-refractivity contribution is 0.00714. The smallest absolute Gasteiger partial charge is 0.179 e. The van der Waals surface area contributed by atoms with Crippen LogP contribution in [0.2, 0.25) is 5.02 Å². The number of aliphatic hydroxyl groups is 1. The summed E-state index contributed by atoms with van der Waals surface area (Å²) in [4.78, 5) is 0. The molecule has 0 saturated carbocycles. The summed E-state index contributed by atoms with van der Waals surface area (Å²) in [6, 6.07) is 3.56. The van der Waals surface area contributed by atoms with Crippen LogP contribution >= 0.6 is 11.6 Å². The van der Waals surface area contributed by atoms with Gasteiger partial charge in [0.05, 0.1) is 25.3 Å². The van der Waals surface area contributed by atoms with Crippen molar-refractivity contribution in [3.8, 4) is 11.5 Å². The molecular formula is C14H19ClO4. The Labute approximate surface area is 118 Å². The van der Waals surface area contributed by atoms with Crippen LogP contribution in [-0.4, -0.2) is 32.5 Å². The Morgan fingerprint density at radius 1 is 1.26 bits per heavy atom. The molecule has 1 aliphatic rings. The third kappa shape index (κ3) is 2.96. The molecule has 0 aliphatic carbocycles. The van der Waals surface area contributed by atoms with E-state index in [4.69, 9.17) is 25.8 Å². The molecule has 1 aromatic rings. The van der Waals surface area contributed by atoms with Gasteiger partial charge in [-0.15, -0.1) is 0 Å². The van der Waals surface area contributed by atoms with Gasteiger partial charge in [0.15, 0.2) is 11.5 Å². The number of hydrogen-bond acceptors (Lipinski definition) is 4. The highest BCUT2D eigenvalue weighted by atomic mass is 35.5. The minimum absolute atomic E-state index is 0.171. The number of aliphatic hydroxyl groups excluding tert-OH is 1. The summed E-state index contributed by atoms with van der Waals surface area (Å²) >= 11 is 6.31. The summed E-state index contributed by atoms with van der Waals surface area (Å²) in [5.74, 6) is 1.20. The number of halogens is 1. The average Bonchev–Trinajstić information content (AvgIpc) is 2.47. The molecule has 2 rings (SSSR count). The van der Waals surface area contributed by atoms with Gasteiger partial charge in [0.1, 0.15) is 0 Å². The molecule has 0 bridgehead atoms. The van der Waals surface area contributed by atoms with Crippen molar-refractivity contribution in [1.82, 2.24) is 0 Å². The lowest BCUT2D eigenvalue weighted by atomic mass is 9.89. The van der Waals surface area contributed by atoms with Crippen LogP contribution in [0.1, 0.15) is 24.5 Å². The van der Waals surface area contributed by atoms with Crippen LogP contribution in [0, 0.1) is 5.92 Å². The van der Waals surface area contributed by atoms with Crippen molar-refractivity contribution in [2.24, 2.45) is 5.92 Å². The molecule has 1 saturated heterocycles. The molecule has 1 atom stereocenters. The molecule has 1 heterocycles. The van der Waals surface area contributed by atoms with E-state index in [1.54, 1.807) is 19.2 Å². The molecule has 106 valence electrons. The van der Waals surface area contributed by atoms with E-state index >= 15 is 0 Å². The van der Waals surface area contributed by atoms with Crippen molar-refractivity contribution >= 4 is 11.6 Å². The van der Waals surface area contributed by atoms with E-state index in [0.29, 0.717) is 35.3 Å². The van der Waals surface area contributed by atoms with Gasteiger partial charge in [-0.3, -0.25) is 0 Å². The van der Waals surface area contributed by atoms with Gasteiger partial charge in [0, 0.05) is 18.8 Å². The number of methoxy groups -OCH3 is 2. The lowest BCUT2D eigenvalue weighted by Gasteiger charge is -2.28. The first kappa shape index (κ1) is 14.4. The maximum absolute atomic E-state index is 10.5. The average molecular weight is 287 g/mol. The van der Waals surface area contributed by atoms with Gasteiger partial charge in [-0.2, -0.15) is 0 Å². The van der Waals surface area contributed by atoms with E-state index in [2.05, 4.69) is 0 Å². The zero-order valence-electron chi connectivity index (χ0n) is 11.2. The summed E-state index contributed by atoms with van der Waals surface area (Å²) in [6.45, 7) is 1.37. The van der Waals surface area contributed by atoms with Crippen LogP contribution in [-0.2, 0) is 4.74 Å². The lowest BCUT2D eigenvalue weighted by Crippen LogP contribution is -2.22. The first-order valence-electron chi connectivity index (χ1n) is 6.35. The summed E-state index contributed by atoms with van der Waals surface area (Å²) in [7, 11) is 3.09. The second kappa shape index (κ2) is 6.46. The second-order valence-electron chi connectivity index (χ2n) is 4.60. The molecule has 1 N–H and O–H groups in total. The molecule has 0 spiro atoms. The monoisotopic (exact) mass is 286 g/mol. The van der Waals surface area contributed by atoms with Crippen LogP contribution in [0.4, 0.5) is 0 Å². The Hall–Kier alpha value is -0.970. The van der Waals surface area contributed by atoms with Crippen LogP contribution in [0.15, 0.2) is 12.1 Å². The Kier molecular flexibility index (Phi) is 4.91. The fourth-order valence-corrected chi connectivity index (χ4v) is 2.76. The molecule has 1 aromatic carbocycles. The van der Waals surface area contributed by atoms with Gasteiger partial charge in [-0.05, 0) is 24.8 Å². The van der Waals surface area contributed by atoms with Crippen molar-refractivity contribution < 1.29 is 19.3 Å². The van der Waals surface area contributed by atoms with Gasteiger partial charge in [-0.1, -0.05) is 17.7 Å². The quantitative estimate of drug-likeness (QED) is 0.925. The standard InChI is InChI=1S/C14H19ClO4/c1-17-11-4-3-10(12(15)14(11)18-2)13(16)9-5-7-19-8-6-9/h3-4,9,13,16H,5-8H2,1-2H3. The Morgan fingerprint density at radius 3 is 2.53 bits per heavy atom. The molecule has 0 amide bonds. The molecule has 19 heavy (non-hydrogen) atoms. The molecule has 0 aromatic heterocycles. The molecule has 5 heteroatoms. The van der Waals surface area contributed by atoms with Gasteiger partial charge in [-0.25, -0.2) is 0 Å². The minimum Gasteiger partial charge on any atom is -0.493 e. The summed E-state index contributed by atoms with van der Waals surface area (Å²) in [6.07, 6.45) is 1.08. The normalized spacial score (nSPS) is 18.1. The van der Waals surface area contributed by atoms with Crippen LogP contribution in [0.3, 0.4) is 0 Å². The predicted octanol–water partition coefficient (Wildman–Crippen LogP) is 2.82. The van der Waals surface area contributed by atoms with Crippen LogP contribution in [0.25, 0.3) is 0 Å². The third-order valence-corrected chi connectivity index (χ3v) is 3.94. The number of benzene rings is 1. The maximum Gasteiger partial charge on any atom is 0.179 e. The Balaban J connectivity index is 2.28.